The van der Waals surface area contributed by atoms with Gasteiger partial charge in [0.2, 0.25) is 0 Å². The molecule has 6 saturated heterocycles. The van der Waals surface area contributed by atoms with Crippen LogP contribution >= 0.6 is 15.9 Å². The Morgan fingerprint density at radius 3 is 1.46 bits per heavy atom. The molecule has 7 aromatic heterocycles. The number of pyridine rings is 1. The number of rotatable bonds is 12. The predicted molar refractivity (Wildman–Crippen MR) is 338 cm³/mol. The first-order valence-electron chi connectivity index (χ1n) is 31.9. The van der Waals surface area contributed by atoms with Gasteiger partial charge in [0.1, 0.15) is 33.9 Å². The minimum atomic E-state index is -4.53. The van der Waals surface area contributed by atoms with Crippen molar-refractivity contribution in [3.63, 3.8) is 0 Å². The normalized spacial score (nSPS) is 22.1. The Labute approximate surface area is 561 Å². The molecule has 9 unspecified atom stereocenters. The fourth-order valence-electron chi connectivity index (χ4n) is 15.6. The van der Waals surface area contributed by atoms with Crippen LogP contribution in [0.25, 0.3) is 33.8 Å². The molecule has 6 bridgehead atoms. The van der Waals surface area contributed by atoms with Crippen molar-refractivity contribution in [1.29, 1.82) is 0 Å². The molecule has 19 nitrogen and oxygen atoms in total. The molecule has 16 rings (SSSR count). The molecule has 3 aromatic carbocycles. The van der Waals surface area contributed by atoms with Gasteiger partial charge in [0.05, 0.1) is 64.6 Å². The zero-order chi connectivity index (χ0) is 68.1. The van der Waals surface area contributed by atoms with E-state index in [4.69, 9.17) is 0 Å². The van der Waals surface area contributed by atoms with Crippen LogP contribution in [0.15, 0.2) is 158 Å². The van der Waals surface area contributed by atoms with Crippen molar-refractivity contribution in [1.82, 2.24) is 79.0 Å². The Morgan fingerprint density at radius 1 is 0.469 bits per heavy atom. The largest absolute Gasteiger partial charge is 0.434 e. The number of hydrogen-bond acceptors (Lipinski definition) is 14. The number of halogens is 10. The van der Waals surface area contributed by atoms with E-state index in [0.29, 0.717) is 53.3 Å². The van der Waals surface area contributed by atoms with Gasteiger partial charge in [-0.3, -0.25) is 33.7 Å². The van der Waals surface area contributed by atoms with Crippen LogP contribution in [0.5, 0.6) is 0 Å². The van der Waals surface area contributed by atoms with Gasteiger partial charge in [-0.1, -0.05) is 18.2 Å². The predicted octanol–water partition coefficient (Wildman–Crippen LogP) is 12.7. The number of carbonyl (C=O) groups excluding carboxylic acids is 3. The molecule has 0 aliphatic carbocycles. The Kier molecular flexibility index (Phi) is 17.9. The molecule has 29 heteroatoms. The minimum absolute atomic E-state index is 0.000967. The molecule has 6 fully saturated rings. The Bertz CT molecular complexity index is 4580. The van der Waals surface area contributed by atoms with Crippen LogP contribution in [-0.2, 0) is 31.6 Å². The number of aromatic nitrogens is 13. The summed E-state index contributed by atoms with van der Waals surface area (Å²) in [5.41, 5.74) is 2.61. The summed E-state index contributed by atoms with van der Waals surface area (Å²) in [4.78, 5) is 83.6. The van der Waals surface area contributed by atoms with Gasteiger partial charge in [-0.25, -0.2) is 43.1 Å². The number of carbonyl (C=O) groups is 3. The number of hydrogen-bond donors (Lipinski definition) is 0. The quantitative estimate of drug-likeness (QED) is 0.104. The van der Waals surface area contributed by atoms with E-state index in [1.54, 1.807) is 84.7 Å². The molecule has 0 radical (unpaired) electrons. The summed E-state index contributed by atoms with van der Waals surface area (Å²) in [7, 11) is 0. The van der Waals surface area contributed by atoms with E-state index in [1.807, 2.05) is 20.4 Å². The van der Waals surface area contributed by atoms with E-state index in [2.05, 4.69) is 71.0 Å². The fraction of sp³-hybridized carbons (Fsp3) is 0.333. The molecule has 6 aliphatic rings. The van der Waals surface area contributed by atoms with Crippen molar-refractivity contribution in [2.45, 2.75) is 126 Å². The van der Waals surface area contributed by atoms with Crippen molar-refractivity contribution in [3.8, 4) is 28.2 Å². The van der Waals surface area contributed by atoms with E-state index >= 15 is 0 Å². The first-order valence-corrected chi connectivity index (χ1v) is 32.7. The SMILES string of the molecule is O=C(c1cccc(F)c1-c1ccncc1)N1C2CCC1C(Cc1cnc(C(F)(F)F)cn1)C2.O=C(c1cccc(F)c1-c1ncccn1)N1C2CCC1C(Cc1cncn3c(Br)cnc13)C2.O=C(c1cccc(F)c1-n1nccn1)N1C2CCC1C(Cc1cnc(C(F)(F)F)cn1)C2. The van der Waals surface area contributed by atoms with Gasteiger partial charge in [-0.15, -0.1) is 4.80 Å². The highest BCUT2D eigenvalue weighted by atomic mass is 79.9. The van der Waals surface area contributed by atoms with Crippen LogP contribution in [0.4, 0.5) is 39.5 Å². The average molecular weight is 1410 g/mol. The number of amides is 3. The summed E-state index contributed by atoms with van der Waals surface area (Å²) >= 11 is 3.50. The lowest BCUT2D eigenvalue weighted by Gasteiger charge is -2.25. The van der Waals surface area contributed by atoms with E-state index < -0.39 is 41.2 Å². The third kappa shape index (κ3) is 12.7. The maximum atomic E-state index is 14.8. The second-order valence-corrected chi connectivity index (χ2v) is 26.0. The third-order valence-electron chi connectivity index (χ3n) is 19.6. The van der Waals surface area contributed by atoms with Gasteiger partial charge in [0.25, 0.3) is 17.7 Å². The molecule has 9 atom stereocenters. The molecule has 502 valence electrons. The van der Waals surface area contributed by atoms with Crippen LogP contribution in [0, 0.1) is 35.2 Å². The highest BCUT2D eigenvalue weighted by molar-refractivity contribution is 9.10. The summed E-state index contributed by atoms with van der Waals surface area (Å²) in [6, 6.07) is 18.5. The number of fused-ring (bicyclic) bond motifs is 7. The van der Waals surface area contributed by atoms with Crippen molar-refractivity contribution < 1.29 is 53.9 Å². The standard InChI is InChI=1S/C24H20BrFN6O.C24H20F4N4O.C21H18F4N6O/c25-20-12-30-23-15(11-27-13-31(20)23)9-14-10-16-5-6-19(14)32(16)24(33)17-3-1-4-18(26)21(17)22-28-7-2-8-29-22;25-19-3-1-2-18(22(19)14-6-8-29-9-7-14)23(33)32-17-4-5-20(32)15(11-17)10-16-12-31-21(13-30-16)24(26,27)28;22-16-3-1-2-15(19(16)31-28-6-7-29-31)20(32)30-14-4-5-17(30)12(9-14)8-13-10-27-18(11-26-13)21(23,24)25/h1-4,7-8,11-14,16,19H,5-6,9-10H2;1-3,6-9,12-13,15,17,20H,4-5,10-11H2;1-3,6-7,10-12,14,17H,4-5,8-9H2. The number of alkyl halides is 6. The van der Waals surface area contributed by atoms with Gasteiger partial charge < -0.3 is 14.7 Å². The summed E-state index contributed by atoms with van der Waals surface area (Å²) in [5, 5.41) is 7.93. The summed E-state index contributed by atoms with van der Waals surface area (Å²) in [6.45, 7) is 0. The molecular weight excluding hydrogens is 1350 g/mol. The zero-order valence-electron chi connectivity index (χ0n) is 51.8. The van der Waals surface area contributed by atoms with E-state index in [0.717, 1.165) is 103 Å². The Balaban J connectivity index is 0.000000126. The smallest absolute Gasteiger partial charge is 0.332 e. The third-order valence-corrected chi connectivity index (χ3v) is 20.2. The van der Waals surface area contributed by atoms with Crippen LogP contribution in [0.2, 0.25) is 0 Å². The van der Waals surface area contributed by atoms with Gasteiger partial charge in [-0.05, 0) is 171 Å². The highest BCUT2D eigenvalue weighted by Crippen LogP contribution is 2.48. The molecule has 6 aliphatic heterocycles. The van der Waals surface area contributed by atoms with Crippen molar-refractivity contribution in [2.24, 2.45) is 17.8 Å². The number of imidazole rings is 1. The van der Waals surface area contributed by atoms with Gasteiger partial charge in [-0.2, -0.15) is 36.5 Å². The second kappa shape index (κ2) is 26.8. The Morgan fingerprint density at radius 2 is 0.949 bits per heavy atom. The van der Waals surface area contributed by atoms with Crippen molar-refractivity contribution in [2.75, 3.05) is 0 Å². The fourth-order valence-corrected chi connectivity index (χ4v) is 15.9. The molecule has 0 N–H and O–H groups in total. The van der Waals surface area contributed by atoms with E-state index in [9.17, 15) is 53.9 Å². The van der Waals surface area contributed by atoms with Gasteiger partial charge in [0, 0.05) is 90.8 Å². The van der Waals surface area contributed by atoms with Crippen LogP contribution in [-0.4, -0.2) is 133 Å². The molecule has 3 amide bonds. The summed E-state index contributed by atoms with van der Waals surface area (Å²) < 4.78 is 123. The van der Waals surface area contributed by atoms with E-state index in [1.165, 1.54) is 42.7 Å². The average Bonchev–Trinajstić information content (AvgIpc) is 1.55. The van der Waals surface area contributed by atoms with Gasteiger partial charge in [0.15, 0.2) is 23.0 Å². The van der Waals surface area contributed by atoms with E-state index in [-0.39, 0.29) is 94.0 Å². The van der Waals surface area contributed by atoms with Crippen LogP contribution in [0.3, 0.4) is 0 Å². The highest BCUT2D eigenvalue weighted by Gasteiger charge is 2.52. The molecular formula is C69H58BrF9N16O3. The summed E-state index contributed by atoms with van der Waals surface area (Å²) in [6.07, 6.45) is 18.3. The first kappa shape index (κ1) is 65.4. The number of benzene rings is 3. The molecule has 0 saturated carbocycles. The Hall–Kier alpha value is -9.93. The maximum absolute atomic E-state index is 14.8. The zero-order valence-corrected chi connectivity index (χ0v) is 53.4. The van der Waals surface area contributed by atoms with Crippen LogP contribution < -0.4 is 0 Å². The molecule has 13 heterocycles. The van der Waals surface area contributed by atoms with Crippen molar-refractivity contribution in [3.05, 3.63) is 221 Å². The van der Waals surface area contributed by atoms with Crippen molar-refractivity contribution >= 4 is 39.3 Å². The maximum Gasteiger partial charge on any atom is 0.434 e. The molecule has 0 spiro atoms. The first-order chi connectivity index (χ1) is 47.3. The second-order valence-electron chi connectivity index (χ2n) is 25.2. The topological polar surface area (TPSA) is 212 Å². The minimum Gasteiger partial charge on any atom is -0.332 e. The molecule has 10 aromatic rings. The number of para-hydroxylation sites is 1. The lowest BCUT2D eigenvalue weighted by Crippen LogP contribution is -2.37. The number of nitrogens with zero attached hydrogens (tertiary/aromatic N) is 16. The summed E-state index contributed by atoms with van der Waals surface area (Å²) in [5.74, 6) is -1.60. The van der Waals surface area contributed by atoms with Crippen LogP contribution in [0.1, 0.15) is 117 Å². The lowest BCUT2D eigenvalue weighted by atomic mass is 9.85. The lowest BCUT2D eigenvalue weighted by molar-refractivity contribution is -0.142. The molecule has 98 heavy (non-hydrogen) atoms. The van der Waals surface area contributed by atoms with Gasteiger partial charge >= 0.3 is 12.4 Å². The monoisotopic (exact) mass is 1410 g/mol.